The molecule has 2 rings (SSSR count). The molecule has 0 saturated heterocycles. The minimum atomic E-state index is 0.288. The van der Waals surface area contributed by atoms with E-state index in [4.69, 9.17) is 0 Å². The SMILES string of the molecule is Cc1ccc2c(c1)C(C)(C)[C@@H](C)[C@H](C)C2(C)C. The molecule has 0 amide bonds. The van der Waals surface area contributed by atoms with Gasteiger partial charge in [-0.25, -0.2) is 0 Å². The van der Waals surface area contributed by atoms with Crippen molar-refractivity contribution in [2.24, 2.45) is 11.8 Å². The zero-order valence-corrected chi connectivity index (χ0v) is 12.4. The number of rotatable bonds is 0. The third-order valence-corrected chi connectivity index (χ3v) is 5.59. The van der Waals surface area contributed by atoms with E-state index in [0.29, 0.717) is 11.8 Å². The zero-order chi connectivity index (χ0) is 13.0. The van der Waals surface area contributed by atoms with Crippen LogP contribution in [0.5, 0.6) is 0 Å². The van der Waals surface area contributed by atoms with E-state index in [1.807, 2.05) is 0 Å². The topological polar surface area (TPSA) is 0 Å². The number of hydrogen-bond donors (Lipinski definition) is 0. The molecule has 0 heterocycles. The fourth-order valence-electron chi connectivity index (χ4n) is 3.49. The Morgan fingerprint density at radius 1 is 0.824 bits per heavy atom. The molecule has 0 aliphatic heterocycles. The van der Waals surface area contributed by atoms with Gasteiger partial charge in [0.05, 0.1) is 0 Å². The first kappa shape index (κ1) is 12.7. The van der Waals surface area contributed by atoms with Crippen LogP contribution in [0.25, 0.3) is 0 Å². The first-order valence-electron chi connectivity index (χ1n) is 6.80. The highest BCUT2D eigenvalue weighted by Crippen LogP contribution is 2.52. The van der Waals surface area contributed by atoms with Crippen molar-refractivity contribution in [1.82, 2.24) is 0 Å². The fraction of sp³-hybridized carbons (Fsp3) is 0.647. The second-order valence-corrected chi connectivity index (χ2v) is 7.07. The Bertz CT molecular complexity index is 437. The molecule has 0 unspecified atom stereocenters. The first-order valence-corrected chi connectivity index (χ1v) is 6.80. The van der Waals surface area contributed by atoms with Gasteiger partial charge in [0.1, 0.15) is 0 Å². The molecule has 1 aliphatic rings. The van der Waals surface area contributed by atoms with Crippen LogP contribution in [-0.2, 0) is 10.8 Å². The Morgan fingerprint density at radius 3 is 1.82 bits per heavy atom. The third-order valence-electron chi connectivity index (χ3n) is 5.59. The van der Waals surface area contributed by atoms with E-state index in [1.165, 1.54) is 5.56 Å². The van der Waals surface area contributed by atoms with Gasteiger partial charge in [-0.1, -0.05) is 65.3 Å². The highest BCUT2D eigenvalue weighted by molar-refractivity contribution is 5.44. The van der Waals surface area contributed by atoms with E-state index in [1.54, 1.807) is 11.1 Å². The number of benzene rings is 1. The summed E-state index contributed by atoms with van der Waals surface area (Å²) in [6.45, 7) is 16.6. The molecular formula is C17H26. The van der Waals surface area contributed by atoms with Crippen molar-refractivity contribution in [2.75, 3.05) is 0 Å². The van der Waals surface area contributed by atoms with E-state index in [2.05, 4.69) is 66.7 Å². The summed E-state index contributed by atoms with van der Waals surface area (Å²) >= 11 is 0. The number of fused-ring (bicyclic) bond motifs is 1. The van der Waals surface area contributed by atoms with Crippen LogP contribution < -0.4 is 0 Å². The summed E-state index contributed by atoms with van der Waals surface area (Å²) in [6, 6.07) is 7.02. The Labute approximate surface area is 106 Å². The summed E-state index contributed by atoms with van der Waals surface area (Å²) in [5.74, 6) is 1.43. The highest BCUT2D eigenvalue weighted by atomic mass is 14.5. The second-order valence-electron chi connectivity index (χ2n) is 7.07. The highest BCUT2D eigenvalue weighted by Gasteiger charge is 2.46. The molecule has 94 valence electrons. The molecule has 1 aliphatic carbocycles. The summed E-state index contributed by atoms with van der Waals surface area (Å²) in [7, 11) is 0. The van der Waals surface area contributed by atoms with Crippen LogP contribution in [0, 0.1) is 18.8 Å². The van der Waals surface area contributed by atoms with Crippen molar-refractivity contribution in [3.8, 4) is 0 Å². The van der Waals surface area contributed by atoms with Gasteiger partial charge in [-0.15, -0.1) is 0 Å². The van der Waals surface area contributed by atoms with E-state index in [0.717, 1.165) is 0 Å². The standard InChI is InChI=1S/C17H26/c1-11-8-9-14-15(10-11)17(6,7)13(3)12(2)16(14,4)5/h8-10,12-13H,1-7H3/t12-,13-/m0/s1. The van der Waals surface area contributed by atoms with Crippen LogP contribution in [-0.4, -0.2) is 0 Å². The minimum absolute atomic E-state index is 0.288. The van der Waals surface area contributed by atoms with Gasteiger partial charge in [0.25, 0.3) is 0 Å². The molecule has 0 spiro atoms. The molecule has 0 saturated carbocycles. The number of hydrogen-bond acceptors (Lipinski definition) is 0. The van der Waals surface area contributed by atoms with Gasteiger partial charge in [-0.3, -0.25) is 0 Å². The lowest BCUT2D eigenvalue weighted by atomic mass is 9.53. The maximum Gasteiger partial charge on any atom is -0.00721 e. The molecule has 0 bridgehead atoms. The smallest absolute Gasteiger partial charge is 0.00721 e. The molecule has 0 N–H and O–H groups in total. The van der Waals surface area contributed by atoms with Crippen molar-refractivity contribution in [1.29, 1.82) is 0 Å². The predicted molar refractivity (Wildman–Crippen MR) is 75.6 cm³/mol. The molecule has 0 fully saturated rings. The Kier molecular flexibility index (Phi) is 2.69. The van der Waals surface area contributed by atoms with Gasteiger partial charge in [0, 0.05) is 0 Å². The minimum Gasteiger partial charge on any atom is -0.0614 e. The maximum absolute atomic E-state index is 2.41. The van der Waals surface area contributed by atoms with Gasteiger partial charge < -0.3 is 0 Å². The van der Waals surface area contributed by atoms with Crippen molar-refractivity contribution >= 4 is 0 Å². The Hall–Kier alpha value is -0.780. The predicted octanol–water partition coefficient (Wildman–Crippen LogP) is 4.84. The third kappa shape index (κ3) is 1.64. The molecule has 0 heteroatoms. The van der Waals surface area contributed by atoms with E-state index in [9.17, 15) is 0 Å². The van der Waals surface area contributed by atoms with Gasteiger partial charge in [-0.05, 0) is 40.7 Å². The second kappa shape index (κ2) is 3.60. The number of aryl methyl sites for hydroxylation is 1. The van der Waals surface area contributed by atoms with Crippen molar-refractivity contribution < 1.29 is 0 Å². The van der Waals surface area contributed by atoms with E-state index >= 15 is 0 Å². The molecule has 1 aromatic carbocycles. The largest absolute Gasteiger partial charge is 0.0614 e. The maximum atomic E-state index is 2.41. The van der Waals surface area contributed by atoms with Gasteiger partial charge in [0.2, 0.25) is 0 Å². The van der Waals surface area contributed by atoms with E-state index in [-0.39, 0.29) is 10.8 Å². The molecule has 0 nitrogen and oxygen atoms in total. The van der Waals surface area contributed by atoms with Crippen LogP contribution in [0.4, 0.5) is 0 Å². The monoisotopic (exact) mass is 230 g/mol. The summed E-state index contributed by atoms with van der Waals surface area (Å²) in [6.07, 6.45) is 0. The quantitative estimate of drug-likeness (QED) is 0.598. The average Bonchev–Trinajstić information content (AvgIpc) is 2.25. The lowest BCUT2D eigenvalue weighted by Crippen LogP contribution is -2.46. The van der Waals surface area contributed by atoms with Crippen molar-refractivity contribution in [2.45, 2.75) is 59.3 Å². The first-order chi connectivity index (χ1) is 7.69. The van der Waals surface area contributed by atoms with Crippen LogP contribution in [0.3, 0.4) is 0 Å². The summed E-state index contributed by atoms with van der Waals surface area (Å²) in [5.41, 5.74) is 5.08. The van der Waals surface area contributed by atoms with Crippen molar-refractivity contribution in [3.63, 3.8) is 0 Å². The average molecular weight is 230 g/mol. The van der Waals surface area contributed by atoms with Gasteiger partial charge >= 0.3 is 0 Å². The van der Waals surface area contributed by atoms with Crippen LogP contribution >= 0.6 is 0 Å². The molecular weight excluding hydrogens is 204 g/mol. The van der Waals surface area contributed by atoms with Crippen LogP contribution in [0.2, 0.25) is 0 Å². The van der Waals surface area contributed by atoms with E-state index < -0.39 is 0 Å². The summed E-state index contributed by atoms with van der Waals surface area (Å²) in [4.78, 5) is 0. The van der Waals surface area contributed by atoms with Crippen molar-refractivity contribution in [3.05, 3.63) is 34.9 Å². The van der Waals surface area contributed by atoms with Gasteiger partial charge in [-0.2, -0.15) is 0 Å². The normalized spacial score (nSPS) is 29.8. The van der Waals surface area contributed by atoms with Gasteiger partial charge in [0.15, 0.2) is 0 Å². The molecule has 1 aromatic rings. The Morgan fingerprint density at radius 2 is 1.29 bits per heavy atom. The van der Waals surface area contributed by atoms with Crippen LogP contribution in [0.1, 0.15) is 58.2 Å². The Balaban J connectivity index is 2.73. The zero-order valence-electron chi connectivity index (χ0n) is 12.4. The molecule has 0 aromatic heterocycles. The lowest BCUT2D eigenvalue weighted by molar-refractivity contribution is 0.145. The molecule has 0 radical (unpaired) electrons. The summed E-state index contributed by atoms with van der Waals surface area (Å²) in [5, 5.41) is 0. The fourth-order valence-corrected chi connectivity index (χ4v) is 3.49. The van der Waals surface area contributed by atoms with Crippen LogP contribution in [0.15, 0.2) is 18.2 Å². The lowest BCUT2D eigenvalue weighted by Gasteiger charge is -2.51. The molecule has 2 atom stereocenters. The summed E-state index contributed by atoms with van der Waals surface area (Å²) < 4.78 is 0. The molecule has 17 heavy (non-hydrogen) atoms.